The Hall–Kier alpha value is -3.01. The lowest BCUT2D eigenvalue weighted by atomic mass is 9.97. The van der Waals surface area contributed by atoms with Gasteiger partial charge in [-0.1, -0.05) is 11.8 Å². The van der Waals surface area contributed by atoms with Crippen LogP contribution in [0, 0.1) is 5.92 Å². The quantitative estimate of drug-likeness (QED) is 0.538. The second-order valence-electron chi connectivity index (χ2n) is 8.20. The number of amides is 2. The molecule has 4 rings (SSSR count). The molecule has 1 aliphatic carbocycles. The van der Waals surface area contributed by atoms with E-state index in [1.807, 2.05) is 12.1 Å². The number of anilines is 2. The van der Waals surface area contributed by atoms with Gasteiger partial charge in [-0.05, 0) is 49.9 Å². The molecule has 33 heavy (non-hydrogen) atoms. The Labute approximate surface area is 197 Å². The molecule has 2 fully saturated rings. The fraction of sp³-hybridized carbons (Fsp3) is 0.478. The lowest BCUT2D eigenvalue weighted by Gasteiger charge is -2.32. The van der Waals surface area contributed by atoms with Gasteiger partial charge in [0.2, 0.25) is 11.8 Å². The molecule has 2 N–H and O–H groups in total. The Morgan fingerprint density at radius 2 is 1.91 bits per heavy atom. The zero-order valence-corrected chi connectivity index (χ0v) is 19.7. The monoisotopic (exact) mass is 471 g/mol. The van der Waals surface area contributed by atoms with Gasteiger partial charge in [0.05, 0.1) is 25.9 Å². The molecule has 0 spiro atoms. The van der Waals surface area contributed by atoms with Gasteiger partial charge in [-0.25, -0.2) is 0 Å². The van der Waals surface area contributed by atoms with Crippen LogP contribution in [0.15, 0.2) is 35.4 Å². The van der Waals surface area contributed by atoms with E-state index >= 15 is 0 Å². The van der Waals surface area contributed by atoms with Crippen molar-refractivity contribution in [3.8, 4) is 11.5 Å². The minimum atomic E-state index is -0.154. The van der Waals surface area contributed by atoms with Crippen LogP contribution in [0.4, 0.5) is 11.5 Å². The summed E-state index contributed by atoms with van der Waals surface area (Å²) in [5.74, 6) is 2.11. The summed E-state index contributed by atoms with van der Waals surface area (Å²) in [5.41, 5.74) is 0.630. The minimum Gasteiger partial charge on any atom is -0.493 e. The van der Waals surface area contributed by atoms with Gasteiger partial charge in [0, 0.05) is 30.9 Å². The lowest BCUT2D eigenvalue weighted by Crippen LogP contribution is -2.44. The average molecular weight is 472 g/mol. The number of nitrogens with one attached hydrogen (secondary N) is 2. The number of nitrogens with zero attached hydrogens (tertiary/aromatic N) is 3. The first-order chi connectivity index (χ1) is 16.1. The molecular weight excluding hydrogens is 442 g/mol. The molecule has 0 radical (unpaired) electrons. The van der Waals surface area contributed by atoms with Crippen molar-refractivity contribution in [1.29, 1.82) is 0 Å². The molecule has 9 nitrogen and oxygen atoms in total. The van der Waals surface area contributed by atoms with Crippen molar-refractivity contribution in [2.45, 2.75) is 36.8 Å². The third-order valence-electron chi connectivity index (χ3n) is 5.68. The van der Waals surface area contributed by atoms with Gasteiger partial charge in [-0.2, -0.15) is 0 Å². The lowest BCUT2D eigenvalue weighted by molar-refractivity contribution is -0.125. The second-order valence-corrected chi connectivity index (χ2v) is 9.20. The van der Waals surface area contributed by atoms with Gasteiger partial charge in [-0.15, -0.1) is 10.2 Å². The number of benzene rings is 1. The van der Waals surface area contributed by atoms with Crippen molar-refractivity contribution in [3.63, 3.8) is 0 Å². The first-order valence-electron chi connectivity index (χ1n) is 11.1. The number of aromatic nitrogens is 2. The Kier molecular flexibility index (Phi) is 7.54. The highest BCUT2D eigenvalue weighted by atomic mass is 32.2. The van der Waals surface area contributed by atoms with Crippen LogP contribution in [0.3, 0.4) is 0 Å². The first-order valence-corrected chi connectivity index (χ1v) is 12.1. The highest BCUT2D eigenvalue weighted by molar-refractivity contribution is 7.99. The fourth-order valence-electron chi connectivity index (χ4n) is 3.76. The molecule has 2 aliphatic rings. The number of rotatable bonds is 9. The fourth-order valence-corrected chi connectivity index (χ4v) is 4.37. The number of piperidine rings is 1. The predicted octanol–water partition coefficient (Wildman–Crippen LogP) is 2.72. The molecular formula is C23H29N5O4S. The second kappa shape index (κ2) is 10.7. The van der Waals surface area contributed by atoms with E-state index in [4.69, 9.17) is 9.47 Å². The van der Waals surface area contributed by atoms with Gasteiger partial charge >= 0.3 is 0 Å². The maximum atomic E-state index is 12.4. The molecule has 2 amide bonds. The SMILES string of the molecule is COc1ccc(NC(=O)CSc2ccc(N3CCCC(C(=O)NC4CC4)C3)nn2)cc1OC. The minimum absolute atomic E-state index is 0.00419. The molecule has 1 atom stereocenters. The number of thioether (sulfide) groups is 1. The van der Waals surface area contributed by atoms with Gasteiger partial charge in [0.1, 0.15) is 5.03 Å². The first kappa shape index (κ1) is 23.2. The van der Waals surface area contributed by atoms with Crippen molar-refractivity contribution in [3.05, 3.63) is 30.3 Å². The third kappa shape index (κ3) is 6.28. The predicted molar refractivity (Wildman–Crippen MR) is 127 cm³/mol. The van der Waals surface area contributed by atoms with Crippen molar-refractivity contribution in [2.24, 2.45) is 5.92 Å². The molecule has 1 saturated heterocycles. The van der Waals surface area contributed by atoms with E-state index < -0.39 is 0 Å². The van der Waals surface area contributed by atoms with Crippen LogP contribution in [0.25, 0.3) is 0 Å². The standard InChI is InChI=1S/C23H29N5O4S/c1-31-18-8-7-17(12-19(18)32-2)24-21(29)14-33-22-10-9-20(26-27-22)28-11-3-4-15(13-28)23(30)25-16-5-6-16/h7-10,12,15-16H,3-6,11,13-14H2,1-2H3,(H,24,29)(H,25,30). The third-order valence-corrected chi connectivity index (χ3v) is 6.60. The van der Waals surface area contributed by atoms with E-state index in [-0.39, 0.29) is 23.5 Å². The largest absolute Gasteiger partial charge is 0.493 e. The molecule has 1 saturated carbocycles. The van der Waals surface area contributed by atoms with Crippen LogP contribution >= 0.6 is 11.8 Å². The molecule has 10 heteroatoms. The van der Waals surface area contributed by atoms with Crippen LogP contribution in [-0.2, 0) is 9.59 Å². The number of carbonyl (C=O) groups excluding carboxylic acids is 2. The topological polar surface area (TPSA) is 106 Å². The normalized spacial score (nSPS) is 17.9. The number of hydrogen-bond donors (Lipinski definition) is 2. The van der Waals surface area contributed by atoms with Crippen molar-refractivity contribution in [1.82, 2.24) is 15.5 Å². The van der Waals surface area contributed by atoms with Crippen LogP contribution in [-0.4, -0.2) is 61.1 Å². The summed E-state index contributed by atoms with van der Waals surface area (Å²) < 4.78 is 10.5. The summed E-state index contributed by atoms with van der Waals surface area (Å²) >= 11 is 1.32. The Bertz CT molecular complexity index is 983. The summed E-state index contributed by atoms with van der Waals surface area (Å²) in [4.78, 5) is 26.9. The van der Waals surface area contributed by atoms with Crippen molar-refractivity contribution >= 4 is 35.1 Å². The average Bonchev–Trinajstić information content (AvgIpc) is 3.67. The van der Waals surface area contributed by atoms with Crippen LogP contribution in [0.5, 0.6) is 11.5 Å². The van der Waals surface area contributed by atoms with Gasteiger partial charge in [-0.3, -0.25) is 9.59 Å². The Balaban J connectivity index is 1.27. The van der Waals surface area contributed by atoms with Gasteiger partial charge in [0.15, 0.2) is 17.3 Å². The maximum Gasteiger partial charge on any atom is 0.234 e. The van der Waals surface area contributed by atoms with Crippen LogP contribution < -0.4 is 25.0 Å². The highest BCUT2D eigenvalue weighted by Crippen LogP contribution is 2.30. The molecule has 2 aromatic rings. The van der Waals surface area contributed by atoms with Crippen molar-refractivity contribution in [2.75, 3.05) is 43.3 Å². The summed E-state index contributed by atoms with van der Waals surface area (Å²) in [6, 6.07) is 9.37. The Morgan fingerprint density at radius 3 is 2.61 bits per heavy atom. The molecule has 1 aromatic carbocycles. The molecule has 1 unspecified atom stereocenters. The molecule has 1 aliphatic heterocycles. The zero-order chi connectivity index (χ0) is 23.2. The molecule has 176 valence electrons. The van der Waals surface area contributed by atoms with E-state index in [1.54, 1.807) is 32.4 Å². The maximum absolute atomic E-state index is 12.4. The summed E-state index contributed by atoms with van der Waals surface area (Å²) in [5, 5.41) is 15.2. The van der Waals surface area contributed by atoms with E-state index in [0.717, 1.165) is 38.0 Å². The molecule has 2 heterocycles. The van der Waals surface area contributed by atoms with E-state index in [1.165, 1.54) is 11.8 Å². The summed E-state index contributed by atoms with van der Waals surface area (Å²) in [7, 11) is 3.11. The van der Waals surface area contributed by atoms with E-state index in [9.17, 15) is 9.59 Å². The number of methoxy groups -OCH3 is 2. The number of carbonyl (C=O) groups is 2. The van der Waals surface area contributed by atoms with Gasteiger partial charge < -0.3 is 25.0 Å². The number of hydrogen-bond acceptors (Lipinski definition) is 8. The summed E-state index contributed by atoms with van der Waals surface area (Å²) in [6.07, 6.45) is 4.06. The summed E-state index contributed by atoms with van der Waals surface area (Å²) in [6.45, 7) is 1.52. The van der Waals surface area contributed by atoms with Crippen LogP contribution in [0.1, 0.15) is 25.7 Å². The zero-order valence-electron chi connectivity index (χ0n) is 18.9. The van der Waals surface area contributed by atoms with Crippen LogP contribution in [0.2, 0.25) is 0 Å². The smallest absolute Gasteiger partial charge is 0.234 e. The van der Waals surface area contributed by atoms with Gasteiger partial charge in [0.25, 0.3) is 0 Å². The van der Waals surface area contributed by atoms with E-state index in [0.29, 0.717) is 34.8 Å². The highest BCUT2D eigenvalue weighted by Gasteiger charge is 2.31. The van der Waals surface area contributed by atoms with Crippen molar-refractivity contribution < 1.29 is 19.1 Å². The van der Waals surface area contributed by atoms with E-state index in [2.05, 4.69) is 25.7 Å². The Morgan fingerprint density at radius 1 is 1.09 bits per heavy atom. The number of ether oxygens (including phenoxy) is 2. The molecule has 0 bridgehead atoms. The molecule has 1 aromatic heterocycles.